The van der Waals surface area contributed by atoms with E-state index in [9.17, 15) is 23.5 Å². The maximum Gasteiger partial charge on any atom is 0.407 e. The van der Waals surface area contributed by atoms with E-state index in [1.807, 2.05) is 27.7 Å². The van der Waals surface area contributed by atoms with Crippen molar-refractivity contribution in [2.45, 2.75) is 85.1 Å². The molecule has 0 aliphatic rings. The van der Waals surface area contributed by atoms with Crippen LogP contribution in [0.3, 0.4) is 0 Å². The Morgan fingerprint density at radius 3 is 2.09 bits per heavy atom. The molecule has 9 heteroatoms. The lowest BCUT2D eigenvalue weighted by molar-refractivity contribution is -0.123. The molecule has 1 rings (SSSR count). The number of carbonyl (C=O) groups is 2. The first-order chi connectivity index (χ1) is 15.7. The van der Waals surface area contributed by atoms with Gasteiger partial charge in [-0.2, -0.15) is 0 Å². The van der Waals surface area contributed by atoms with Gasteiger partial charge in [0.2, 0.25) is 5.91 Å². The minimum Gasteiger partial charge on any atom is -0.444 e. The van der Waals surface area contributed by atoms with Crippen LogP contribution in [0.1, 0.15) is 60.5 Å². The molecule has 0 aromatic heterocycles. The van der Waals surface area contributed by atoms with E-state index in [-0.39, 0.29) is 30.4 Å². The minimum absolute atomic E-state index is 0.0231. The van der Waals surface area contributed by atoms with Crippen molar-refractivity contribution in [1.82, 2.24) is 16.0 Å². The third kappa shape index (κ3) is 12.3. The van der Waals surface area contributed by atoms with Crippen LogP contribution >= 0.6 is 0 Å². The van der Waals surface area contributed by atoms with Crippen molar-refractivity contribution in [3.63, 3.8) is 0 Å². The minimum atomic E-state index is -1.16. The number of alkyl carbamates (subject to hydrolysis) is 1. The number of benzene rings is 1. The highest BCUT2D eigenvalue weighted by Gasteiger charge is 2.27. The molecule has 2 amide bonds. The molecule has 34 heavy (non-hydrogen) atoms. The molecule has 3 atom stereocenters. The second-order valence-corrected chi connectivity index (χ2v) is 10.5. The molecule has 7 nitrogen and oxygen atoms in total. The maximum atomic E-state index is 13.7. The first-order valence-electron chi connectivity index (χ1n) is 11.8. The summed E-state index contributed by atoms with van der Waals surface area (Å²) in [6.07, 6.45) is -1.41. The Morgan fingerprint density at radius 1 is 1.00 bits per heavy atom. The Kier molecular flexibility index (Phi) is 11.9. The lowest BCUT2D eigenvalue weighted by Gasteiger charge is -2.28. The summed E-state index contributed by atoms with van der Waals surface area (Å²) >= 11 is 0. The molecule has 0 bridgehead atoms. The molecule has 4 N–H and O–H groups in total. The number of amides is 2. The molecule has 0 unspecified atom stereocenters. The van der Waals surface area contributed by atoms with E-state index >= 15 is 0 Å². The zero-order valence-corrected chi connectivity index (χ0v) is 21.4. The van der Waals surface area contributed by atoms with Crippen molar-refractivity contribution in [2.24, 2.45) is 11.8 Å². The lowest BCUT2D eigenvalue weighted by Crippen LogP contribution is -2.53. The van der Waals surface area contributed by atoms with Crippen LogP contribution in [0.5, 0.6) is 0 Å². The van der Waals surface area contributed by atoms with Gasteiger partial charge in [0.25, 0.3) is 0 Å². The number of aliphatic hydroxyl groups is 1. The van der Waals surface area contributed by atoms with Crippen molar-refractivity contribution in [3.05, 3.63) is 35.4 Å². The molecular formula is C25H41F2N3O4. The van der Waals surface area contributed by atoms with Crippen LogP contribution in [0.25, 0.3) is 0 Å². The number of rotatable bonds is 12. The number of hydrogen-bond donors (Lipinski definition) is 4. The fourth-order valence-electron chi connectivity index (χ4n) is 3.31. The Balaban J connectivity index is 2.97. The van der Waals surface area contributed by atoms with Crippen molar-refractivity contribution in [3.8, 4) is 0 Å². The summed E-state index contributed by atoms with van der Waals surface area (Å²) < 4.78 is 32.7. The van der Waals surface area contributed by atoms with Gasteiger partial charge in [-0.15, -0.1) is 0 Å². The molecule has 0 aliphatic heterocycles. The average Bonchev–Trinajstić information content (AvgIpc) is 2.65. The van der Waals surface area contributed by atoms with E-state index in [4.69, 9.17) is 4.74 Å². The Labute approximate surface area is 202 Å². The fourth-order valence-corrected chi connectivity index (χ4v) is 3.31. The number of nitrogens with one attached hydrogen (secondary N) is 3. The van der Waals surface area contributed by atoms with Gasteiger partial charge in [0.1, 0.15) is 17.2 Å². The van der Waals surface area contributed by atoms with Gasteiger partial charge < -0.3 is 25.8 Å². The Bertz CT molecular complexity index is 777. The summed E-state index contributed by atoms with van der Waals surface area (Å²) in [5.74, 6) is -1.15. The number of ether oxygens (including phenoxy) is 1. The number of aliphatic hydroxyl groups excluding tert-OH is 1. The predicted octanol–water partition coefficient (Wildman–Crippen LogP) is 3.54. The summed E-state index contributed by atoms with van der Waals surface area (Å²) in [6.45, 7) is 13.6. The van der Waals surface area contributed by atoms with Gasteiger partial charge in [-0.1, -0.05) is 27.7 Å². The lowest BCUT2D eigenvalue weighted by atomic mass is 9.99. The van der Waals surface area contributed by atoms with Crippen molar-refractivity contribution in [2.75, 3.05) is 13.1 Å². The molecule has 0 fully saturated rings. The number of carbonyl (C=O) groups excluding carboxylic acids is 2. The van der Waals surface area contributed by atoms with Crippen LogP contribution in [0, 0.1) is 23.5 Å². The Morgan fingerprint density at radius 2 is 1.59 bits per heavy atom. The zero-order valence-electron chi connectivity index (χ0n) is 21.4. The van der Waals surface area contributed by atoms with Crippen LogP contribution in [0.15, 0.2) is 18.2 Å². The van der Waals surface area contributed by atoms with Gasteiger partial charge in [-0.25, -0.2) is 13.6 Å². The fraction of sp³-hybridized carbons (Fsp3) is 0.680. The van der Waals surface area contributed by atoms with E-state index in [1.54, 1.807) is 20.8 Å². The summed E-state index contributed by atoms with van der Waals surface area (Å²) in [5, 5.41) is 19.5. The molecule has 0 saturated heterocycles. The molecular weight excluding hydrogens is 444 g/mol. The second kappa shape index (κ2) is 13.6. The van der Waals surface area contributed by atoms with Crippen LogP contribution in [-0.2, 0) is 16.0 Å². The summed E-state index contributed by atoms with van der Waals surface area (Å²) in [5.41, 5.74) is -0.495. The summed E-state index contributed by atoms with van der Waals surface area (Å²) in [7, 11) is 0. The molecule has 0 aliphatic carbocycles. The predicted molar refractivity (Wildman–Crippen MR) is 128 cm³/mol. The van der Waals surface area contributed by atoms with Gasteiger partial charge in [-0.3, -0.25) is 4.79 Å². The highest BCUT2D eigenvalue weighted by atomic mass is 19.1. The Hall–Kier alpha value is -2.26. The van der Waals surface area contributed by atoms with Gasteiger partial charge in [-0.05, 0) is 63.1 Å². The van der Waals surface area contributed by atoms with E-state index in [0.29, 0.717) is 18.9 Å². The van der Waals surface area contributed by atoms with Crippen LogP contribution in [0.2, 0.25) is 0 Å². The van der Waals surface area contributed by atoms with Gasteiger partial charge in [0.05, 0.1) is 18.2 Å². The first kappa shape index (κ1) is 29.8. The molecule has 194 valence electrons. The van der Waals surface area contributed by atoms with Gasteiger partial charge in [0, 0.05) is 19.2 Å². The molecule has 0 radical (unpaired) electrons. The van der Waals surface area contributed by atoms with E-state index in [2.05, 4.69) is 16.0 Å². The molecule has 0 spiro atoms. The van der Waals surface area contributed by atoms with Crippen molar-refractivity contribution < 1.29 is 28.2 Å². The van der Waals surface area contributed by atoms with Crippen molar-refractivity contribution in [1.29, 1.82) is 0 Å². The monoisotopic (exact) mass is 485 g/mol. The van der Waals surface area contributed by atoms with Gasteiger partial charge in [0.15, 0.2) is 0 Å². The third-order valence-electron chi connectivity index (χ3n) is 4.83. The topological polar surface area (TPSA) is 99.7 Å². The average molecular weight is 486 g/mol. The van der Waals surface area contributed by atoms with Gasteiger partial charge >= 0.3 is 6.09 Å². The van der Waals surface area contributed by atoms with E-state index in [0.717, 1.165) is 18.2 Å². The normalized spacial score (nSPS) is 14.6. The van der Waals surface area contributed by atoms with Crippen LogP contribution in [0.4, 0.5) is 13.6 Å². The molecule has 1 aromatic carbocycles. The SMILES string of the molecule is CC(C)CNC(=O)[C@@H](CC(C)C)NC[C@@H](O)[C@H](Cc1cc(F)cc(F)c1)NC(=O)OC(C)(C)C. The smallest absolute Gasteiger partial charge is 0.407 e. The van der Waals surface area contributed by atoms with E-state index in [1.165, 1.54) is 0 Å². The summed E-state index contributed by atoms with van der Waals surface area (Å²) in [6, 6.07) is 1.59. The standard InChI is InChI=1S/C25H41F2N3O4/c1-15(2)8-21(23(32)29-13-16(3)4)28-14-22(31)20(30-24(33)34-25(5,6)7)11-17-9-18(26)12-19(27)10-17/h9-10,12,15-16,20-22,28,31H,8,11,13-14H2,1-7H3,(H,29,32)(H,30,33)/t20-,21+,22+/m0/s1. The third-order valence-corrected chi connectivity index (χ3v) is 4.83. The summed E-state index contributed by atoms with van der Waals surface area (Å²) in [4.78, 5) is 25.0. The first-order valence-corrected chi connectivity index (χ1v) is 11.8. The van der Waals surface area contributed by atoms with Crippen LogP contribution < -0.4 is 16.0 Å². The molecule has 1 aromatic rings. The number of halogens is 2. The second-order valence-electron chi connectivity index (χ2n) is 10.5. The van der Waals surface area contributed by atoms with Crippen molar-refractivity contribution >= 4 is 12.0 Å². The maximum absolute atomic E-state index is 13.7. The number of hydrogen-bond acceptors (Lipinski definition) is 5. The molecule has 0 saturated carbocycles. The zero-order chi connectivity index (χ0) is 26.1. The molecule has 0 heterocycles. The van der Waals surface area contributed by atoms with Crippen LogP contribution in [-0.4, -0.2) is 54.0 Å². The highest BCUT2D eigenvalue weighted by Crippen LogP contribution is 2.14. The largest absolute Gasteiger partial charge is 0.444 e. The highest BCUT2D eigenvalue weighted by molar-refractivity contribution is 5.81. The quantitative estimate of drug-likeness (QED) is 0.363. The van der Waals surface area contributed by atoms with E-state index < -0.39 is 41.5 Å².